The molecule has 0 bridgehead atoms. The molecule has 2 aromatic heterocycles. The van der Waals surface area contributed by atoms with Gasteiger partial charge >= 0.3 is 0 Å². The van der Waals surface area contributed by atoms with E-state index in [1.165, 1.54) is 4.88 Å². The minimum atomic E-state index is 0.0231. The van der Waals surface area contributed by atoms with Crippen molar-refractivity contribution in [2.24, 2.45) is 0 Å². The Labute approximate surface area is 160 Å². The van der Waals surface area contributed by atoms with Gasteiger partial charge in [0, 0.05) is 20.9 Å². The number of thiophene rings is 2. The van der Waals surface area contributed by atoms with Crippen molar-refractivity contribution in [3.8, 4) is 20.9 Å². The maximum atomic E-state index is 12.9. The Kier molecular flexibility index (Phi) is 4.91. The van der Waals surface area contributed by atoms with Gasteiger partial charge in [-0.2, -0.15) is 0 Å². The van der Waals surface area contributed by atoms with E-state index in [4.69, 9.17) is 0 Å². The molecule has 0 fully saturated rings. The van der Waals surface area contributed by atoms with Crippen molar-refractivity contribution >= 4 is 34.5 Å². The fraction of sp³-hybridized carbons (Fsp3) is 0. The summed E-state index contributed by atoms with van der Waals surface area (Å²) < 4.78 is 0. The van der Waals surface area contributed by atoms with E-state index in [1.807, 2.05) is 72.1 Å². The van der Waals surface area contributed by atoms with Crippen LogP contribution in [0.15, 0.2) is 89.6 Å². The second kappa shape index (κ2) is 7.65. The Bertz CT molecular complexity index is 1040. The summed E-state index contributed by atoms with van der Waals surface area (Å²) in [5.74, 6) is 0.0231. The van der Waals surface area contributed by atoms with Gasteiger partial charge in [-0.25, -0.2) is 0 Å². The molecular formula is C23H16OS2. The molecule has 126 valence electrons. The fourth-order valence-corrected chi connectivity index (χ4v) is 4.44. The first-order chi connectivity index (χ1) is 12.8. The van der Waals surface area contributed by atoms with Gasteiger partial charge in [0.05, 0.1) is 0 Å². The second-order valence-electron chi connectivity index (χ2n) is 5.79. The van der Waals surface area contributed by atoms with Crippen molar-refractivity contribution in [3.05, 3.63) is 101 Å². The largest absolute Gasteiger partial charge is 0.289 e. The smallest absolute Gasteiger partial charge is 0.186 e. The average Bonchev–Trinajstić information content (AvgIpc) is 3.40. The number of hydrogen-bond donors (Lipinski definition) is 0. The molecule has 3 heteroatoms. The summed E-state index contributed by atoms with van der Waals surface area (Å²) in [5, 5.41) is 4.10. The lowest BCUT2D eigenvalue weighted by molar-refractivity contribution is 0.104. The highest BCUT2D eigenvalue weighted by Gasteiger charge is 2.11. The maximum Gasteiger partial charge on any atom is 0.186 e. The molecule has 0 spiro atoms. The first kappa shape index (κ1) is 16.7. The third kappa shape index (κ3) is 3.45. The predicted molar refractivity (Wildman–Crippen MR) is 113 cm³/mol. The van der Waals surface area contributed by atoms with Gasteiger partial charge in [0.1, 0.15) is 0 Å². The summed E-state index contributed by atoms with van der Waals surface area (Å²) in [5.41, 5.74) is 3.93. The molecule has 2 heterocycles. The summed E-state index contributed by atoms with van der Waals surface area (Å²) >= 11 is 3.35. The van der Waals surface area contributed by atoms with Crippen LogP contribution in [0.4, 0.5) is 0 Å². The summed E-state index contributed by atoms with van der Waals surface area (Å²) in [7, 11) is 0. The molecule has 26 heavy (non-hydrogen) atoms. The van der Waals surface area contributed by atoms with Crippen molar-refractivity contribution < 1.29 is 4.79 Å². The Morgan fingerprint density at radius 2 is 1.31 bits per heavy atom. The Morgan fingerprint density at radius 1 is 0.692 bits per heavy atom. The number of ketones is 1. The Morgan fingerprint density at radius 3 is 2.00 bits per heavy atom. The van der Waals surface area contributed by atoms with Crippen LogP contribution in [0.1, 0.15) is 15.9 Å². The normalized spacial score (nSPS) is 11.1. The van der Waals surface area contributed by atoms with Crippen LogP contribution >= 0.6 is 22.7 Å². The quantitative estimate of drug-likeness (QED) is 0.271. The van der Waals surface area contributed by atoms with Crippen molar-refractivity contribution in [3.63, 3.8) is 0 Å². The highest BCUT2D eigenvalue weighted by molar-refractivity contribution is 7.13. The number of rotatable bonds is 5. The molecule has 4 rings (SSSR count). The molecule has 0 aliphatic rings. The average molecular weight is 373 g/mol. The van der Waals surface area contributed by atoms with Crippen LogP contribution in [0.25, 0.3) is 27.0 Å². The van der Waals surface area contributed by atoms with E-state index in [0.29, 0.717) is 0 Å². The molecular weight excluding hydrogens is 356 g/mol. The van der Waals surface area contributed by atoms with E-state index in [1.54, 1.807) is 28.7 Å². The topological polar surface area (TPSA) is 17.1 Å². The molecule has 0 unspecified atom stereocenters. The molecule has 0 atom stereocenters. The van der Waals surface area contributed by atoms with Crippen LogP contribution in [0.2, 0.25) is 0 Å². The summed E-state index contributed by atoms with van der Waals surface area (Å²) in [6.07, 6.45) is 3.60. The Balaban J connectivity index is 1.67. The third-order valence-electron chi connectivity index (χ3n) is 4.14. The zero-order chi connectivity index (χ0) is 17.8. The zero-order valence-corrected chi connectivity index (χ0v) is 15.6. The lowest BCUT2D eigenvalue weighted by Crippen LogP contribution is -1.97. The molecule has 1 nitrogen and oxygen atoms in total. The molecule has 0 aliphatic heterocycles. The van der Waals surface area contributed by atoms with Crippen molar-refractivity contribution in [2.75, 3.05) is 0 Å². The first-order valence-corrected chi connectivity index (χ1v) is 10.1. The van der Waals surface area contributed by atoms with Crippen LogP contribution in [0, 0.1) is 0 Å². The minimum absolute atomic E-state index is 0.0231. The summed E-state index contributed by atoms with van der Waals surface area (Å²) in [6.45, 7) is 0. The summed E-state index contributed by atoms with van der Waals surface area (Å²) in [6, 6.07) is 24.2. The van der Waals surface area contributed by atoms with Crippen LogP contribution in [0.5, 0.6) is 0 Å². The van der Waals surface area contributed by atoms with Gasteiger partial charge in [-0.05, 0) is 40.1 Å². The van der Waals surface area contributed by atoms with E-state index in [-0.39, 0.29) is 5.78 Å². The van der Waals surface area contributed by atoms with Gasteiger partial charge in [-0.1, -0.05) is 66.7 Å². The number of carbonyl (C=O) groups excluding carboxylic acids is 1. The molecule has 0 radical (unpaired) electrons. The molecule has 0 N–H and O–H groups in total. The number of carbonyl (C=O) groups is 1. The van der Waals surface area contributed by atoms with Gasteiger partial charge in [0.2, 0.25) is 0 Å². The number of hydrogen-bond acceptors (Lipinski definition) is 3. The van der Waals surface area contributed by atoms with Gasteiger partial charge < -0.3 is 0 Å². The van der Waals surface area contributed by atoms with E-state index >= 15 is 0 Å². The van der Waals surface area contributed by atoms with Gasteiger partial charge in [-0.15, -0.1) is 22.7 Å². The predicted octanol–water partition coefficient (Wildman–Crippen LogP) is 7.04. The summed E-state index contributed by atoms with van der Waals surface area (Å²) in [4.78, 5) is 15.2. The minimum Gasteiger partial charge on any atom is -0.289 e. The molecule has 0 saturated heterocycles. The number of allylic oxidation sites excluding steroid dienone is 1. The lowest BCUT2D eigenvalue weighted by Gasteiger charge is -2.05. The fourth-order valence-electron chi connectivity index (χ4n) is 2.90. The monoisotopic (exact) mass is 372 g/mol. The van der Waals surface area contributed by atoms with Crippen molar-refractivity contribution in [1.82, 2.24) is 0 Å². The molecule has 0 amide bonds. The molecule has 2 aromatic carbocycles. The van der Waals surface area contributed by atoms with Crippen molar-refractivity contribution in [1.29, 1.82) is 0 Å². The zero-order valence-electron chi connectivity index (χ0n) is 14.0. The van der Waals surface area contributed by atoms with Crippen LogP contribution in [-0.4, -0.2) is 5.78 Å². The van der Waals surface area contributed by atoms with E-state index in [9.17, 15) is 4.79 Å². The van der Waals surface area contributed by atoms with Crippen molar-refractivity contribution in [2.45, 2.75) is 0 Å². The first-order valence-electron chi connectivity index (χ1n) is 8.31. The number of benzene rings is 2. The lowest BCUT2D eigenvalue weighted by atomic mass is 10.0. The SMILES string of the molecule is O=C(C=Cc1ccccc1-c1cccs1)c1ccccc1-c1cccs1. The van der Waals surface area contributed by atoms with Gasteiger partial charge in [-0.3, -0.25) is 4.79 Å². The highest BCUT2D eigenvalue weighted by atomic mass is 32.1. The van der Waals surface area contributed by atoms with E-state index in [0.717, 1.165) is 27.1 Å². The standard InChI is InChI=1S/C23H16OS2/c24-21(19-9-3-4-10-20(19)23-12-6-16-26-23)14-13-17-7-1-2-8-18(17)22-11-5-15-25-22/h1-16H. The van der Waals surface area contributed by atoms with Crippen LogP contribution in [0.3, 0.4) is 0 Å². The van der Waals surface area contributed by atoms with E-state index in [2.05, 4.69) is 17.5 Å². The third-order valence-corrected chi connectivity index (χ3v) is 5.95. The van der Waals surface area contributed by atoms with Gasteiger partial charge in [0.25, 0.3) is 0 Å². The molecule has 0 aliphatic carbocycles. The highest BCUT2D eigenvalue weighted by Crippen LogP contribution is 2.30. The maximum absolute atomic E-state index is 12.9. The van der Waals surface area contributed by atoms with Crippen LogP contribution in [-0.2, 0) is 0 Å². The molecule has 0 saturated carbocycles. The molecule has 4 aromatic rings. The van der Waals surface area contributed by atoms with E-state index < -0.39 is 0 Å². The van der Waals surface area contributed by atoms with Crippen LogP contribution < -0.4 is 0 Å². The van der Waals surface area contributed by atoms with Gasteiger partial charge in [0.15, 0.2) is 5.78 Å². The Hall–Kier alpha value is -2.75. The second-order valence-corrected chi connectivity index (χ2v) is 7.68.